The second-order valence-corrected chi connectivity index (χ2v) is 4.91. The van der Waals surface area contributed by atoms with E-state index in [0.29, 0.717) is 5.56 Å². The zero-order valence-corrected chi connectivity index (χ0v) is 10.4. The molecule has 1 amide bonds. The van der Waals surface area contributed by atoms with Crippen LogP contribution in [0.3, 0.4) is 0 Å². The number of fused-ring (bicyclic) bond motifs is 1. The zero-order chi connectivity index (χ0) is 12.4. The van der Waals surface area contributed by atoms with Crippen molar-refractivity contribution in [2.45, 2.75) is 0 Å². The van der Waals surface area contributed by atoms with E-state index in [1.807, 2.05) is 60.0 Å². The number of thiophene rings is 1. The fourth-order valence-corrected chi connectivity index (χ4v) is 2.56. The highest BCUT2D eigenvalue weighted by atomic mass is 32.1. The Morgan fingerprint density at radius 2 is 1.78 bits per heavy atom. The highest BCUT2D eigenvalue weighted by Crippen LogP contribution is 2.21. The van der Waals surface area contributed by atoms with Gasteiger partial charge >= 0.3 is 0 Å². The molecule has 0 atom stereocenters. The van der Waals surface area contributed by atoms with Crippen molar-refractivity contribution in [1.82, 2.24) is 0 Å². The van der Waals surface area contributed by atoms with Gasteiger partial charge in [-0.05, 0) is 34.4 Å². The number of carbonyl (C=O) groups is 1. The van der Waals surface area contributed by atoms with Crippen LogP contribution in [0.2, 0.25) is 0 Å². The van der Waals surface area contributed by atoms with Crippen molar-refractivity contribution in [3.8, 4) is 0 Å². The molecule has 18 heavy (non-hydrogen) atoms. The van der Waals surface area contributed by atoms with Gasteiger partial charge in [-0.25, -0.2) is 0 Å². The standard InChI is InChI=1S/C15H11NOS/c17-15(16-14-9-4-10-18-14)13-8-3-6-11-5-1-2-7-12(11)13/h1-10H,(H,16,17). The molecule has 0 bridgehead atoms. The van der Waals surface area contributed by atoms with Crippen molar-refractivity contribution in [1.29, 1.82) is 0 Å². The molecular formula is C15H11NOS. The normalized spacial score (nSPS) is 10.4. The van der Waals surface area contributed by atoms with Gasteiger partial charge in [0.25, 0.3) is 5.91 Å². The topological polar surface area (TPSA) is 29.1 Å². The molecule has 0 aliphatic heterocycles. The van der Waals surface area contributed by atoms with Gasteiger partial charge < -0.3 is 5.32 Å². The first-order valence-electron chi connectivity index (χ1n) is 5.67. The number of carbonyl (C=O) groups excluding carboxylic acids is 1. The lowest BCUT2D eigenvalue weighted by molar-refractivity contribution is 0.102. The lowest BCUT2D eigenvalue weighted by atomic mass is 10.0. The van der Waals surface area contributed by atoms with E-state index < -0.39 is 0 Å². The average Bonchev–Trinajstić information content (AvgIpc) is 2.91. The Labute approximate surface area is 109 Å². The van der Waals surface area contributed by atoms with Crippen LogP contribution in [0.5, 0.6) is 0 Å². The summed E-state index contributed by atoms with van der Waals surface area (Å²) in [6.45, 7) is 0. The summed E-state index contributed by atoms with van der Waals surface area (Å²) < 4.78 is 0. The Kier molecular flexibility index (Phi) is 2.82. The van der Waals surface area contributed by atoms with Crippen molar-refractivity contribution in [2.75, 3.05) is 5.32 Å². The molecule has 1 N–H and O–H groups in total. The third-order valence-corrected chi connectivity index (χ3v) is 3.58. The van der Waals surface area contributed by atoms with Crippen LogP contribution in [-0.2, 0) is 0 Å². The molecule has 0 aliphatic rings. The lowest BCUT2D eigenvalue weighted by Crippen LogP contribution is -2.11. The van der Waals surface area contributed by atoms with Gasteiger partial charge in [0.2, 0.25) is 0 Å². The Morgan fingerprint density at radius 3 is 2.61 bits per heavy atom. The highest BCUT2D eigenvalue weighted by Gasteiger charge is 2.09. The minimum absolute atomic E-state index is 0.0609. The monoisotopic (exact) mass is 253 g/mol. The smallest absolute Gasteiger partial charge is 0.256 e. The number of anilines is 1. The Balaban J connectivity index is 2.01. The highest BCUT2D eigenvalue weighted by molar-refractivity contribution is 7.14. The van der Waals surface area contributed by atoms with Gasteiger partial charge in [0, 0.05) is 5.56 Å². The van der Waals surface area contributed by atoms with Crippen LogP contribution in [0, 0.1) is 0 Å². The van der Waals surface area contributed by atoms with Gasteiger partial charge in [-0.2, -0.15) is 0 Å². The molecule has 3 aromatic rings. The maximum atomic E-state index is 12.2. The van der Waals surface area contributed by atoms with E-state index in [1.165, 1.54) is 11.3 Å². The summed E-state index contributed by atoms with van der Waals surface area (Å²) >= 11 is 1.52. The first-order chi connectivity index (χ1) is 8.84. The fourth-order valence-electron chi connectivity index (χ4n) is 1.95. The Morgan fingerprint density at radius 1 is 0.944 bits per heavy atom. The van der Waals surface area contributed by atoms with E-state index >= 15 is 0 Å². The number of rotatable bonds is 2. The van der Waals surface area contributed by atoms with Gasteiger partial charge in [0.1, 0.15) is 0 Å². The van der Waals surface area contributed by atoms with Gasteiger partial charge in [-0.3, -0.25) is 4.79 Å². The number of amides is 1. The fraction of sp³-hybridized carbons (Fsp3) is 0. The maximum absolute atomic E-state index is 12.2. The van der Waals surface area contributed by atoms with Crippen molar-refractivity contribution in [3.05, 3.63) is 65.5 Å². The van der Waals surface area contributed by atoms with Crippen molar-refractivity contribution in [3.63, 3.8) is 0 Å². The van der Waals surface area contributed by atoms with Gasteiger partial charge in [-0.15, -0.1) is 11.3 Å². The van der Waals surface area contributed by atoms with Crippen LogP contribution in [0.4, 0.5) is 5.00 Å². The van der Waals surface area contributed by atoms with E-state index in [-0.39, 0.29) is 5.91 Å². The van der Waals surface area contributed by atoms with Crippen LogP contribution >= 0.6 is 11.3 Å². The lowest BCUT2D eigenvalue weighted by Gasteiger charge is -2.06. The maximum Gasteiger partial charge on any atom is 0.256 e. The summed E-state index contributed by atoms with van der Waals surface area (Å²) in [6.07, 6.45) is 0. The first-order valence-corrected chi connectivity index (χ1v) is 6.55. The third kappa shape index (κ3) is 2.00. The van der Waals surface area contributed by atoms with Crippen molar-refractivity contribution < 1.29 is 4.79 Å². The van der Waals surface area contributed by atoms with Gasteiger partial charge in [0.15, 0.2) is 0 Å². The second kappa shape index (κ2) is 4.63. The molecule has 1 heterocycles. The molecule has 3 rings (SSSR count). The SMILES string of the molecule is O=C(Nc1cccs1)c1cccc2ccccc12. The molecule has 0 aliphatic carbocycles. The molecule has 0 spiro atoms. The molecule has 3 heteroatoms. The average molecular weight is 253 g/mol. The molecule has 0 radical (unpaired) electrons. The molecular weight excluding hydrogens is 242 g/mol. The summed E-state index contributed by atoms with van der Waals surface area (Å²) in [7, 11) is 0. The van der Waals surface area contributed by atoms with E-state index in [9.17, 15) is 4.79 Å². The summed E-state index contributed by atoms with van der Waals surface area (Å²) in [5, 5.41) is 7.78. The Bertz CT molecular complexity index is 683. The quantitative estimate of drug-likeness (QED) is 0.730. The van der Waals surface area contributed by atoms with Gasteiger partial charge in [-0.1, -0.05) is 36.4 Å². The van der Waals surface area contributed by atoms with Crippen LogP contribution in [0.1, 0.15) is 10.4 Å². The molecule has 0 saturated heterocycles. The number of nitrogens with one attached hydrogen (secondary N) is 1. The van der Waals surface area contributed by atoms with E-state index in [1.54, 1.807) is 0 Å². The molecule has 0 unspecified atom stereocenters. The predicted molar refractivity (Wildman–Crippen MR) is 76.2 cm³/mol. The molecule has 0 saturated carbocycles. The molecule has 88 valence electrons. The Hall–Kier alpha value is -2.13. The number of benzene rings is 2. The van der Waals surface area contributed by atoms with Crippen LogP contribution in [-0.4, -0.2) is 5.91 Å². The summed E-state index contributed by atoms with van der Waals surface area (Å²) in [4.78, 5) is 12.2. The number of hydrogen-bond acceptors (Lipinski definition) is 2. The van der Waals surface area contributed by atoms with Crippen LogP contribution < -0.4 is 5.32 Å². The predicted octanol–water partition coefficient (Wildman–Crippen LogP) is 4.15. The molecule has 2 aromatic carbocycles. The molecule has 2 nitrogen and oxygen atoms in total. The zero-order valence-electron chi connectivity index (χ0n) is 9.59. The van der Waals surface area contributed by atoms with Crippen LogP contribution in [0.25, 0.3) is 10.8 Å². The van der Waals surface area contributed by atoms with E-state index in [2.05, 4.69) is 5.32 Å². The van der Waals surface area contributed by atoms with E-state index in [0.717, 1.165) is 15.8 Å². The first kappa shape index (κ1) is 11.0. The van der Waals surface area contributed by atoms with Gasteiger partial charge in [0.05, 0.1) is 5.00 Å². The van der Waals surface area contributed by atoms with Crippen molar-refractivity contribution >= 4 is 33.0 Å². The van der Waals surface area contributed by atoms with Crippen LogP contribution in [0.15, 0.2) is 60.0 Å². The van der Waals surface area contributed by atoms with Crippen molar-refractivity contribution in [2.24, 2.45) is 0 Å². The molecule has 1 aromatic heterocycles. The summed E-state index contributed by atoms with van der Waals surface area (Å²) in [6, 6.07) is 17.5. The largest absolute Gasteiger partial charge is 0.314 e. The summed E-state index contributed by atoms with van der Waals surface area (Å²) in [5.41, 5.74) is 0.710. The molecule has 0 fully saturated rings. The summed E-state index contributed by atoms with van der Waals surface area (Å²) in [5.74, 6) is -0.0609. The third-order valence-electron chi connectivity index (χ3n) is 2.79. The number of hydrogen-bond donors (Lipinski definition) is 1. The second-order valence-electron chi connectivity index (χ2n) is 3.96. The minimum atomic E-state index is -0.0609. The minimum Gasteiger partial charge on any atom is -0.314 e. The van der Waals surface area contributed by atoms with E-state index in [4.69, 9.17) is 0 Å².